The molecule has 0 amide bonds. The van der Waals surface area contributed by atoms with Crippen molar-refractivity contribution < 1.29 is 4.74 Å². The molecule has 1 aliphatic heterocycles. The second-order valence-corrected chi connectivity index (χ2v) is 4.84. The number of morpholine rings is 1. The lowest BCUT2D eigenvalue weighted by molar-refractivity contribution is 0.0675. The Balaban J connectivity index is 1.97. The van der Waals surface area contributed by atoms with Crippen LogP contribution in [0.2, 0.25) is 0 Å². The summed E-state index contributed by atoms with van der Waals surface area (Å²) in [4.78, 5) is 6.53. The van der Waals surface area contributed by atoms with E-state index in [1.54, 1.807) is 0 Å². The van der Waals surface area contributed by atoms with Crippen LogP contribution in [0.1, 0.15) is 25.3 Å². The van der Waals surface area contributed by atoms with Crippen LogP contribution in [0.3, 0.4) is 0 Å². The molecular weight excluding hydrogens is 238 g/mol. The lowest BCUT2D eigenvalue weighted by Crippen LogP contribution is -2.44. The first-order valence-electron chi connectivity index (χ1n) is 7.05. The van der Waals surface area contributed by atoms with Crippen molar-refractivity contribution in [3.63, 3.8) is 0 Å². The molecule has 0 unspecified atom stereocenters. The van der Waals surface area contributed by atoms with E-state index < -0.39 is 0 Å². The van der Waals surface area contributed by atoms with Crippen molar-refractivity contribution in [2.24, 2.45) is 10.7 Å². The molecule has 2 N–H and O–H groups in total. The van der Waals surface area contributed by atoms with Crippen molar-refractivity contribution in [1.29, 1.82) is 0 Å². The average molecular weight is 261 g/mol. The van der Waals surface area contributed by atoms with Gasteiger partial charge in [-0.1, -0.05) is 25.5 Å². The van der Waals surface area contributed by atoms with Gasteiger partial charge < -0.3 is 15.4 Å². The van der Waals surface area contributed by atoms with E-state index >= 15 is 0 Å². The van der Waals surface area contributed by atoms with Crippen LogP contribution >= 0.6 is 0 Å². The number of hydrogen-bond donors (Lipinski definition) is 1. The van der Waals surface area contributed by atoms with Crippen molar-refractivity contribution in [2.45, 2.75) is 26.2 Å². The highest BCUT2D eigenvalue weighted by atomic mass is 16.5. The fourth-order valence-corrected chi connectivity index (χ4v) is 2.11. The van der Waals surface area contributed by atoms with E-state index in [-0.39, 0.29) is 0 Å². The molecule has 0 radical (unpaired) electrons. The first kappa shape index (κ1) is 13.9. The quantitative estimate of drug-likeness (QED) is 0.668. The second-order valence-electron chi connectivity index (χ2n) is 4.84. The summed E-state index contributed by atoms with van der Waals surface area (Å²) in [5.74, 6) is 0.588. The maximum absolute atomic E-state index is 6.02. The predicted molar refractivity (Wildman–Crippen MR) is 78.7 cm³/mol. The van der Waals surface area contributed by atoms with Crippen LogP contribution in [0.5, 0.6) is 0 Å². The highest BCUT2D eigenvalue weighted by Gasteiger charge is 2.12. The van der Waals surface area contributed by atoms with Gasteiger partial charge in [0.15, 0.2) is 5.96 Å². The Bertz CT molecular complexity index is 408. The minimum atomic E-state index is 0.588. The summed E-state index contributed by atoms with van der Waals surface area (Å²) in [6.45, 7) is 5.31. The largest absolute Gasteiger partial charge is 0.378 e. The third-order valence-corrected chi connectivity index (χ3v) is 3.33. The highest BCUT2D eigenvalue weighted by molar-refractivity contribution is 5.81. The SMILES string of the molecule is CCCCc1ccc(N=C(N)N2CCOCC2)cc1. The second kappa shape index (κ2) is 7.14. The van der Waals surface area contributed by atoms with Gasteiger partial charge in [0.25, 0.3) is 0 Å². The summed E-state index contributed by atoms with van der Waals surface area (Å²) in [5.41, 5.74) is 8.31. The summed E-state index contributed by atoms with van der Waals surface area (Å²) >= 11 is 0. The van der Waals surface area contributed by atoms with Crippen LogP contribution in [0.15, 0.2) is 29.3 Å². The maximum Gasteiger partial charge on any atom is 0.196 e. The fraction of sp³-hybridized carbons (Fsp3) is 0.533. The molecular formula is C15H23N3O. The van der Waals surface area contributed by atoms with Gasteiger partial charge in [0, 0.05) is 13.1 Å². The van der Waals surface area contributed by atoms with Gasteiger partial charge in [0.1, 0.15) is 0 Å². The van der Waals surface area contributed by atoms with Gasteiger partial charge in [-0.25, -0.2) is 4.99 Å². The normalized spacial score (nSPS) is 16.7. The van der Waals surface area contributed by atoms with E-state index in [9.17, 15) is 0 Å². The van der Waals surface area contributed by atoms with E-state index in [0.29, 0.717) is 5.96 Å². The molecule has 1 heterocycles. The molecule has 0 saturated carbocycles. The number of aryl methyl sites for hydroxylation is 1. The number of guanidine groups is 1. The van der Waals surface area contributed by atoms with Crippen molar-refractivity contribution in [2.75, 3.05) is 26.3 Å². The summed E-state index contributed by atoms with van der Waals surface area (Å²) in [5, 5.41) is 0. The van der Waals surface area contributed by atoms with Gasteiger partial charge in [-0.15, -0.1) is 0 Å². The fourth-order valence-electron chi connectivity index (χ4n) is 2.11. The van der Waals surface area contributed by atoms with Gasteiger partial charge in [-0.3, -0.25) is 0 Å². The van der Waals surface area contributed by atoms with Crippen molar-refractivity contribution in [3.8, 4) is 0 Å². The maximum atomic E-state index is 6.02. The van der Waals surface area contributed by atoms with Gasteiger partial charge in [0.05, 0.1) is 18.9 Å². The Morgan fingerprint density at radius 3 is 2.58 bits per heavy atom. The van der Waals surface area contributed by atoms with Crippen molar-refractivity contribution >= 4 is 11.6 Å². The molecule has 1 aromatic rings. The van der Waals surface area contributed by atoms with Crippen LogP contribution < -0.4 is 5.73 Å². The molecule has 0 spiro atoms. The molecule has 0 aromatic heterocycles. The molecule has 1 aromatic carbocycles. The molecule has 1 fully saturated rings. The van der Waals surface area contributed by atoms with Crippen LogP contribution in [0.4, 0.5) is 5.69 Å². The molecule has 1 aliphatic rings. The Hall–Kier alpha value is -1.55. The number of rotatable bonds is 4. The summed E-state index contributed by atoms with van der Waals surface area (Å²) < 4.78 is 5.30. The lowest BCUT2D eigenvalue weighted by Gasteiger charge is -2.27. The third kappa shape index (κ3) is 4.24. The molecule has 1 saturated heterocycles. The minimum Gasteiger partial charge on any atom is -0.378 e. The summed E-state index contributed by atoms with van der Waals surface area (Å²) in [6, 6.07) is 8.36. The average Bonchev–Trinajstić information content (AvgIpc) is 2.47. The van der Waals surface area contributed by atoms with Crippen LogP contribution in [-0.2, 0) is 11.2 Å². The van der Waals surface area contributed by atoms with Gasteiger partial charge in [0.2, 0.25) is 0 Å². The zero-order valence-corrected chi connectivity index (χ0v) is 11.6. The van der Waals surface area contributed by atoms with E-state index in [1.807, 2.05) is 12.1 Å². The van der Waals surface area contributed by atoms with E-state index in [0.717, 1.165) is 38.4 Å². The highest BCUT2D eigenvalue weighted by Crippen LogP contribution is 2.15. The third-order valence-electron chi connectivity index (χ3n) is 3.33. The molecule has 0 bridgehead atoms. The Labute approximate surface area is 115 Å². The van der Waals surface area contributed by atoms with Crippen LogP contribution in [-0.4, -0.2) is 37.2 Å². The molecule has 4 nitrogen and oxygen atoms in total. The van der Waals surface area contributed by atoms with Gasteiger partial charge in [-0.05, 0) is 30.5 Å². The number of nitrogens with two attached hydrogens (primary N) is 1. The topological polar surface area (TPSA) is 50.8 Å². The van der Waals surface area contributed by atoms with Crippen LogP contribution in [0.25, 0.3) is 0 Å². The Morgan fingerprint density at radius 1 is 1.26 bits per heavy atom. The van der Waals surface area contributed by atoms with Gasteiger partial charge >= 0.3 is 0 Å². The number of unbranched alkanes of at least 4 members (excludes halogenated alkanes) is 1. The van der Waals surface area contributed by atoms with Crippen LogP contribution in [0, 0.1) is 0 Å². The summed E-state index contributed by atoms with van der Waals surface area (Å²) in [7, 11) is 0. The number of aliphatic imine (C=N–C) groups is 1. The number of hydrogen-bond acceptors (Lipinski definition) is 2. The molecule has 0 atom stereocenters. The smallest absolute Gasteiger partial charge is 0.196 e. The van der Waals surface area contributed by atoms with E-state index in [1.165, 1.54) is 18.4 Å². The Morgan fingerprint density at radius 2 is 1.95 bits per heavy atom. The number of ether oxygens (including phenoxy) is 1. The predicted octanol–water partition coefficient (Wildman–Crippen LogP) is 2.31. The van der Waals surface area contributed by atoms with E-state index in [4.69, 9.17) is 10.5 Å². The molecule has 2 rings (SSSR count). The number of benzene rings is 1. The molecule has 104 valence electrons. The first-order chi connectivity index (χ1) is 9.29. The standard InChI is InChI=1S/C15H23N3O/c1-2-3-4-13-5-7-14(8-6-13)17-15(16)18-9-11-19-12-10-18/h5-8H,2-4,9-12H2,1H3,(H2,16,17). The first-order valence-corrected chi connectivity index (χ1v) is 7.05. The van der Waals surface area contributed by atoms with E-state index in [2.05, 4.69) is 28.9 Å². The Kier molecular flexibility index (Phi) is 5.21. The monoisotopic (exact) mass is 261 g/mol. The zero-order chi connectivity index (χ0) is 13.5. The molecule has 0 aliphatic carbocycles. The molecule has 4 heteroatoms. The molecule has 19 heavy (non-hydrogen) atoms. The number of nitrogens with zero attached hydrogens (tertiary/aromatic N) is 2. The van der Waals surface area contributed by atoms with Crippen molar-refractivity contribution in [3.05, 3.63) is 29.8 Å². The lowest BCUT2D eigenvalue weighted by atomic mass is 10.1. The summed E-state index contributed by atoms with van der Waals surface area (Å²) in [6.07, 6.45) is 3.60. The minimum absolute atomic E-state index is 0.588. The zero-order valence-electron chi connectivity index (χ0n) is 11.6. The van der Waals surface area contributed by atoms with Crippen molar-refractivity contribution in [1.82, 2.24) is 4.90 Å². The van der Waals surface area contributed by atoms with Gasteiger partial charge in [-0.2, -0.15) is 0 Å².